The van der Waals surface area contributed by atoms with E-state index in [9.17, 15) is 8.42 Å². The van der Waals surface area contributed by atoms with E-state index in [0.717, 1.165) is 24.2 Å². The molecular formula is C17H21N3O3S. The first-order chi connectivity index (χ1) is 11.6. The Labute approximate surface area is 142 Å². The van der Waals surface area contributed by atoms with Crippen LogP contribution in [0.5, 0.6) is 5.75 Å². The van der Waals surface area contributed by atoms with Gasteiger partial charge in [0.15, 0.2) is 0 Å². The first-order valence-electron chi connectivity index (χ1n) is 7.93. The van der Waals surface area contributed by atoms with Crippen LogP contribution in [-0.4, -0.2) is 37.9 Å². The summed E-state index contributed by atoms with van der Waals surface area (Å²) in [6.07, 6.45) is 3.26. The lowest BCUT2D eigenvalue weighted by Crippen LogP contribution is -2.27. The predicted molar refractivity (Wildman–Crippen MR) is 92.6 cm³/mol. The Morgan fingerprint density at radius 2 is 1.92 bits per heavy atom. The van der Waals surface area contributed by atoms with Gasteiger partial charge >= 0.3 is 0 Å². The molecule has 0 unspecified atom stereocenters. The Balaban J connectivity index is 1.68. The van der Waals surface area contributed by atoms with Crippen LogP contribution < -0.4 is 10.1 Å². The highest BCUT2D eigenvalue weighted by molar-refractivity contribution is 7.89. The summed E-state index contributed by atoms with van der Waals surface area (Å²) in [6.45, 7) is 1.74. The number of para-hydroxylation sites is 1. The standard InChI is InChI=1S/C17H21N3O3S/c1-23-16-7-3-2-6-14(16)12-18-17-9-8-15(13-19-17)24(21,22)20-10-4-5-11-20/h2-3,6-9,13H,4-5,10-12H2,1H3,(H,18,19). The van der Waals surface area contributed by atoms with Gasteiger partial charge < -0.3 is 10.1 Å². The van der Waals surface area contributed by atoms with Crippen LogP contribution in [0.3, 0.4) is 0 Å². The molecule has 1 fully saturated rings. The van der Waals surface area contributed by atoms with Gasteiger partial charge in [0.1, 0.15) is 16.5 Å². The van der Waals surface area contributed by atoms with E-state index >= 15 is 0 Å². The molecule has 1 N–H and O–H groups in total. The fourth-order valence-electron chi connectivity index (χ4n) is 2.75. The molecule has 6 nitrogen and oxygen atoms in total. The van der Waals surface area contributed by atoms with E-state index in [4.69, 9.17) is 4.74 Å². The summed E-state index contributed by atoms with van der Waals surface area (Å²) in [6, 6.07) is 11.0. The summed E-state index contributed by atoms with van der Waals surface area (Å²) in [7, 11) is -1.78. The third-order valence-corrected chi connectivity index (χ3v) is 5.97. The number of nitrogens with zero attached hydrogens (tertiary/aromatic N) is 2. The molecule has 1 saturated heterocycles. The summed E-state index contributed by atoms with van der Waals surface area (Å²) in [5, 5.41) is 3.18. The summed E-state index contributed by atoms with van der Waals surface area (Å²) in [5.74, 6) is 1.43. The third-order valence-electron chi connectivity index (χ3n) is 4.09. The van der Waals surface area contributed by atoms with Gasteiger partial charge in [0.05, 0.1) is 7.11 Å². The number of methoxy groups -OCH3 is 1. The largest absolute Gasteiger partial charge is 0.496 e. The van der Waals surface area contributed by atoms with Gasteiger partial charge in [-0.25, -0.2) is 13.4 Å². The highest BCUT2D eigenvalue weighted by atomic mass is 32.2. The lowest BCUT2D eigenvalue weighted by atomic mass is 10.2. The molecular weight excluding hydrogens is 326 g/mol. The minimum atomic E-state index is -3.41. The number of rotatable bonds is 6. The smallest absolute Gasteiger partial charge is 0.244 e. The normalized spacial score (nSPS) is 15.4. The first-order valence-corrected chi connectivity index (χ1v) is 9.37. The topological polar surface area (TPSA) is 71.5 Å². The number of nitrogens with one attached hydrogen (secondary N) is 1. The molecule has 24 heavy (non-hydrogen) atoms. The SMILES string of the molecule is COc1ccccc1CNc1ccc(S(=O)(=O)N2CCCC2)cn1. The first kappa shape index (κ1) is 16.7. The van der Waals surface area contributed by atoms with Crippen molar-refractivity contribution >= 4 is 15.8 Å². The highest BCUT2D eigenvalue weighted by Gasteiger charge is 2.27. The third kappa shape index (κ3) is 3.52. The Hall–Kier alpha value is -2.12. The number of hydrogen-bond acceptors (Lipinski definition) is 5. The summed E-state index contributed by atoms with van der Waals surface area (Å²) >= 11 is 0. The fourth-order valence-corrected chi connectivity index (χ4v) is 4.21. The van der Waals surface area contributed by atoms with Gasteiger partial charge in [-0.2, -0.15) is 4.31 Å². The molecule has 1 aromatic heterocycles. The van der Waals surface area contributed by atoms with Crippen LogP contribution in [0.25, 0.3) is 0 Å². The van der Waals surface area contributed by atoms with Crippen LogP contribution >= 0.6 is 0 Å². The van der Waals surface area contributed by atoms with Crippen molar-refractivity contribution in [3.8, 4) is 5.75 Å². The van der Waals surface area contributed by atoms with Gasteiger partial charge in [0, 0.05) is 31.4 Å². The maximum atomic E-state index is 12.5. The van der Waals surface area contributed by atoms with E-state index < -0.39 is 10.0 Å². The van der Waals surface area contributed by atoms with Crippen LogP contribution in [0.4, 0.5) is 5.82 Å². The van der Waals surface area contributed by atoms with Crippen molar-refractivity contribution in [2.45, 2.75) is 24.3 Å². The molecule has 1 aliphatic rings. The number of pyridine rings is 1. The van der Waals surface area contributed by atoms with Gasteiger partial charge in [-0.15, -0.1) is 0 Å². The average molecular weight is 347 g/mol. The van der Waals surface area contributed by atoms with Gasteiger partial charge in [-0.3, -0.25) is 0 Å². The second-order valence-corrected chi connectivity index (χ2v) is 7.59. The zero-order chi connectivity index (χ0) is 17.0. The highest BCUT2D eigenvalue weighted by Crippen LogP contribution is 2.22. The van der Waals surface area contributed by atoms with Crippen LogP contribution in [-0.2, 0) is 16.6 Å². The average Bonchev–Trinajstić information content (AvgIpc) is 3.16. The number of aromatic nitrogens is 1. The van der Waals surface area contributed by atoms with Crippen LogP contribution in [0.2, 0.25) is 0 Å². The molecule has 2 aromatic rings. The van der Waals surface area contributed by atoms with Gasteiger partial charge in [0.2, 0.25) is 10.0 Å². The Kier molecular flexibility index (Phi) is 5.01. The molecule has 7 heteroatoms. The lowest BCUT2D eigenvalue weighted by Gasteiger charge is -2.15. The number of sulfonamides is 1. The van der Waals surface area contributed by atoms with Gasteiger partial charge in [-0.05, 0) is 31.0 Å². The predicted octanol–water partition coefficient (Wildman–Crippen LogP) is 2.49. The van der Waals surface area contributed by atoms with Crippen molar-refractivity contribution in [2.24, 2.45) is 0 Å². The summed E-state index contributed by atoms with van der Waals surface area (Å²) in [5.41, 5.74) is 1.01. The summed E-state index contributed by atoms with van der Waals surface area (Å²) in [4.78, 5) is 4.47. The van der Waals surface area contributed by atoms with Crippen LogP contribution in [0, 0.1) is 0 Å². The molecule has 128 valence electrons. The molecule has 0 radical (unpaired) electrons. The van der Waals surface area contributed by atoms with Gasteiger partial charge in [0.25, 0.3) is 0 Å². The molecule has 0 aliphatic carbocycles. The maximum absolute atomic E-state index is 12.5. The Morgan fingerprint density at radius 3 is 2.58 bits per heavy atom. The molecule has 0 amide bonds. The second kappa shape index (κ2) is 7.19. The molecule has 1 aromatic carbocycles. The zero-order valence-corrected chi connectivity index (χ0v) is 14.4. The number of anilines is 1. The molecule has 3 rings (SSSR count). The van der Waals surface area contributed by atoms with Gasteiger partial charge in [-0.1, -0.05) is 18.2 Å². The fraction of sp³-hybridized carbons (Fsp3) is 0.353. The van der Waals surface area contributed by atoms with E-state index in [0.29, 0.717) is 25.5 Å². The minimum absolute atomic E-state index is 0.243. The molecule has 0 bridgehead atoms. The van der Waals surface area contributed by atoms with E-state index in [-0.39, 0.29) is 4.90 Å². The zero-order valence-electron chi connectivity index (χ0n) is 13.6. The minimum Gasteiger partial charge on any atom is -0.496 e. The van der Waals surface area contributed by atoms with E-state index in [1.807, 2.05) is 24.3 Å². The van der Waals surface area contributed by atoms with E-state index in [2.05, 4.69) is 10.3 Å². The monoisotopic (exact) mass is 347 g/mol. The molecule has 0 spiro atoms. The van der Waals surface area contributed by atoms with E-state index in [1.165, 1.54) is 10.5 Å². The van der Waals surface area contributed by atoms with Crippen molar-refractivity contribution in [3.05, 3.63) is 48.2 Å². The quantitative estimate of drug-likeness (QED) is 0.869. The number of hydrogen-bond donors (Lipinski definition) is 1. The van der Waals surface area contributed by atoms with Crippen molar-refractivity contribution in [1.29, 1.82) is 0 Å². The lowest BCUT2D eigenvalue weighted by molar-refractivity contribution is 0.410. The second-order valence-electron chi connectivity index (χ2n) is 5.66. The number of ether oxygens (including phenoxy) is 1. The molecule has 2 heterocycles. The van der Waals surface area contributed by atoms with Crippen molar-refractivity contribution < 1.29 is 13.2 Å². The van der Waals surface area contributed by atoms with Crippen LogP contribution in [0.1, 0.15) is 18.4 Å². The van der Waals surface area contributed by atoms with Crippen molar-refractivity contribution in [3.63, 3.8) is 0 Å². The molecule has 1 aliphatic heterocycles. The van der Waals surface area contributed by atoms with Crippen molar-refractivity contribution in [1.82, 2.24) is 9.29 Å². The summed E-state index contributed by atoms with van der Waals surface area (Å²) < 4.78 is 31.7. The molecule has 0 atom stereocenters. The van der Waals surface area contributed by atoms with Crippen molar-refractivity contribution in [2.75, 3.05) is 25.5 Å². The Morgan fingerprint density at radius 1 is 1.17 bits per heavy atom. The maximum Gasteiger partial charge on any atom is 0.244 e. The van der Waals surface area contributed by atoms with E-state index in [1.54, 1.807) is 19.2 Å². The Bertz CT molecular complexity index is 785. The molecule has 0 saturated carbocycles. The number of benzene rings is 1. The van der Waals surface area contributed by atoms with Crippen LogP contribution in [0.15, 0.2) is 47.5 Å².